The van der Waals surface area contributed by atoms with E-state index in [1.54, 1.807) is 0 Å². The highest BCUT2D eigenvalue weighted by Gasteiger charge is 2.37. The molecule has 0 radical (unpaired) electrons. The van der Waals surface area contributed by atoms with E-state index in [1.165, 1.54) is 87.0 Å². The van der Waals surface area contributed by atoms with Crippen molar-refractivity contribution in [1.82, 2.24) is 4.57 Å². The van der Waals surface area contributed by atoms with Crippen molar-refractivity contribution in [2.45, 2.75) is 19.3 Å². The van der Waals surface area contributed by atoms with E-state index in [9.17, 15) is 0 Å². The minimum Gasteiger partial charge on any atom is -0.310 e. The normalized spacial score (nSPS) is 13.8. The summed E-state index contributed by atoms with van der Waals surface area (Å²) in [4.78, 5) is 2.42. The first-order valence-electron chi connectivity index (χ1n) is 16.6. The van der Waals surface area contributed by atoms with Crippen molar-refractivity contribution in [3.8, 4) is 16.8 Å². The zero-order valence-corrected chi connectivity index (χ0v) is 27.6. The van der Waals surface area contributed by atoms with Crippen molar-refractivity contribution >= 4 is 70.4 Å². The molecule has 0 N–H and O–H groups in total. The fourth-order valence-corrected chi connectivity index (χ4v) is 9.14. The van der Waals surface area contributed by atoms with E-state index in [0.717, 1.165) is 0 Å². The molecule has 0 saturated carbocycles. The predicted molar refractivity (Wildman–Crippen MR) is 206 cm³/mol. The molecule has 1 aliphatic rings. The van der Waals surface area contributed by atoms with Gasteiger partial charge in [0.1, 0.15) is 0 Å². The van der Waals surface area contributed by atoms with Crippen LogP contribution in [-0.2, 0) is 5.41 Å². The molecule has 0 amide bonds. The maximum atomic E-state index is 2.44. The van der Waals surface area contributed by atoms with Gasteiger partial charge in [-0.1, -0.05) is 98.8 Å². The van der Waals surface area contributed by atoms with Crippen molar-refractivity contribution < 1.29 is 0 Å². The number of nitrogens with zero attached hydrogens (tertiary/aromatic N) is 2. The van der Waals surface area contributed by atoms with Gasteiger partial charge in [0, 0.05) is 47.7 Å². The van der Waals surface area contributed by atoms with Crippen molar-refractivity contribution in [3.63, 3.8) is 0 Å². The second-order valence-corrected chi connectivity index (χ2v) is 14.5. The fraction of sp³-hybridized carbons (Fsp3) is 0.0667. The highest BCUT2D eigenvalue weighted by atomic mass is 32.1. The van der Waals surface area contributed by atoms with Crippen LogP contribution in [0.2, 0.25) is 0 Å². The summed E-state index contributed by atoms with van der Waals surface area (Å²) < 4.78 is 5.10. The first-order valence-corrected chi connectivity index (χ1v) is 17.4. The molecule has 228 valence electrons. The lowest BCUT2D eigenvalue weighted by Crippen LogP contribution is -2.30. The number of benzene rings is 7. The van der Waals surface area contributed by atoms with E-state index in [2.05, 4.69) is 181 Å². The molecule has 0 aliphatic carbocycles. The van der Waals surface area contributed by atoms with Gasteiger partial charge in [-0.15, -0.1) is 11.3 Å². The van der Waals surface area contributed by atoms with Gasteiger partial charge < -0.3 is 9.47 Å². The van der Waals surface area contributed by atoms with Gasteiger partial charge in [-0.05, 0) is 95.1 Å². The third kappa shape index (κ3) is 3.92. The van der Waals surface area contributed by atoms with Gasteiger partial charge >= 0.3 is 0 Å². The second kappa shape index (κ2) is 10.2. The zero-order chi connectivity index (χ0) is 32.0. The van der Waals surface area contributed by atoms with Crippen molar-refractivity contribution in [1.29, 1.82) is 0 Å². The molecule has 0 saturated heterocycles. The summed E-state index contributed by atoms with van der Waals surface area (Å²) in [7, 11) is 0. The van der Waals surface area contributed by atoms with Crippen LogP contribution in [0, 0.1) is 0 Å². The molecule has 9 aromatic rings. The molecule has 0 atom stereocenters. The summed E-state index contributed by atoms with van der Waals surface area (Å²) in [5.74, 6) is 0. The SMILES string of the molecule is CC1(C)c2ccccc2N(c2ccccc2)c2ccc(-c3ccc4c(c3)c3cc5sc6ccccc6c5cc3n4-c3ccccc3)cc21. The Labute approximate surface area is 283 Å². The van der Waals surface area contributed by atoms with Crippen LogP contribution in [0.5, 0.6) is 0 Å². The molecule has 10 rings (SSSR count). The molecular weight excluding hydrogens is 601 g/mol. The van der Waals surface area contributed by atoms with Gasteiger partial charge in [0.05, 0.1) is 22.4 Å². The summed E-state index contributed by atoms with van der Waals surface area (Å²) in [6.07, 6.45) is 0. The van der Waals surface area contributed by atoms with Crippen molar-refractivity contribution in [2.75, 3.05) is 4.90 Å². The van der Waals surface area contributed by atoms with E-state index in [0.29, 0.717) is 0 Å². The standard InChI is InChI=1S/C45H32N2S/c1-45(2)37-18-10-11-19-40(37)47(32-15-7-4-8-16-32)41-24-22-30(26-38(41)45)29-21-23-39-34(25-29)35-28-44-36(33-17-9-12-20-43(33)48-44)27-42(35)46(39)31-13-5-3-6-14-31/h3-28H,1-2H3. The van der Waals surface area contributed by atoms with Crippen LogP contribution in [0.1, 0.15) is 25.0 Å². The van der Waals surface area contributed by atoms with Crippen LogP contribution in [0.4, 0.5) is 17.1 Å². The summed E-state index contributed by atoms with van der Waals surface area (Å²) in [5.41, 5.74) is 12.3. The molecule has 2 aromatic heterocycles. The molecule has 2 nitrogen and oxygen atoms in total. The highest BCUT2D eigenvalue weighted by molar-refractivity contribution is 7.25. The highest BCUT2D eigenvalue weighted by Crippen LogP contribution is 2.52. The summed E-state index contributed by atoms with van der Waals surface area (Å²) in [6, 6.07) is 58.1. The Morgan fingerprint density at radius 1 is 0.438 bits per heavy atom. The molecular formula is C45H32N2S. The fourth-order valence-electron chi connectivity index (χ4n) is 8.01. The van der Waals surface area contributed by atoms with Crippen LogP contribution < -0.4 is 4.90 Å². The Morgan fingerprint density at radius 3 is 1.92 bits per heavy atom. The van der Waals surface area contributed by atoms with Crippen molar-refractivity contribution in [3.05, 3.63) is 169 Å². The van der Waals surface area contributed by atoms with Crippen LogP contribution in [0.25, 0.3) is 58.8 Å². The first-order chi connectivity index (χ1) is 23.6. The number of aromatic nitrogens is 1. The Bertz CT molecular complexity index is 2700. The molecule has 0 fully saturated rings. The molecule has 0 spiro atoms. The summed E-state index contributed by atoms with van der Waals surface area (Å²) in [5, 5.41) is 5.22. The van der Waals surface area contributed by atoms with E-state index in [-0.39, 0.29) is 5.41 Å². The molecule has 0 unspecified atom stereocenters. The Kier molecular flexibility index (Phi) is 5.82. The summed E-state index contributed by atoms with van der Waals surface area (Å²) in [6.45, 7) is 4.73. The van der Waals surface area contributed by atoms with Gasteiger partial charge in [-0.2, -0.15) is 0 Å². The average Bonchev–Trinajstić information content (AvgIpc) is 3.66. The zero-order valence-electron chi connectivity index (χ0n) is 26.8. The van der Waals surface area contributed by atoms with Crippen LogP contribution in [-0.4, -0.2) is 4.57 Å². The molecule has 3 heterocycles. The number of para-hydroxylation sites is 3. The maximum Gasteiger partial charge on any atom is 0.0548 e. The van der Waals surface area contributed by atoms with E-state index < -0.39 is 0 Å². The number of anilines is 3. The molecule has 48 heavy (non-hydrogen) atoms. The van der Waals surface area contributed by atoms with Gasteiger partial charge in [0.25, 0.3) is 0 Å². The molecule has 7 aromatic carbocycles. The largest absolute Gasteiger partial charge is 0.310 e. The number of hydrogen-bond acceptors (Lipinski definition) is 2. The minimum absolute atomic E-state index is 0.159. The second-order valence-electron chi connectivity index (χ2n) is 13.4. The van der Waals surface area contributed by atoms with Gasteiger partial charge in [0.15, 0.2) is 0 Å². The Morgan fingerprint density at radius 2 is 1.08 bits per heavy atom. The van der Waals surface area contributed by atoms with Gasteiger partial charge in [0.2, 0.25) is 0 Å². The lowest BCUT2D eigenvalue weighted by Gasteiger charge is -2.42. The minimum atomic E-state index is -0.159. The van der Waals surface area contributed by atoms with E-state index in [1.807, 2.05) is 11.3 Å². The number of hydrogen-bond donors (Lipinski definition) is 0. The van der Waals surface area contributed by atoms with E-state index in [4.69, 9.17) is 0 Å². The smallest absolute Gasteiger partial charge is 0.0548 e. The predicted octanol–water partition coefficient (Wildman–Crippen LogP) is 12.9. The first kappa shape index (κ1) is 27.5. The number of fused-ring (bicyclic) bond motifs is 8. The van der Waals surface area contributed by atoms with E-state index >= 15 is 0 Å². The average molecular weight is 633 g/mol. The lowest BCUT2D eigenvalue weighted by atomic mass is 9.73. The van der Waals surface area contributed by atoms with Crippen LogP contribution >= 0.6 is 11.3 Å². The molecule has 0 bridgehead atoms. The number of thiophene rings is 1. The van der Waals surface area contributed by atoms with Gasteiger partial charge in [-0.25, -0.2) is 0 Å². The third-order valence-corrected chi connectivity index (χ3v) is 11.5. The Balaban J connectivity index is 1.20. The maximum absolute atomic E-state index is 2.44. The van der Waals surface area contributed by atoms with Crippen LogP contribution in [0.15, 0.2) is 158 Å². The summed E-state index contributed by atoms with van der Waals surface area (Å²) >= 11 is 1.88. The third-order valence-electron chi connectivity index (χ3n) is 10.4. The lowest BCUT2D eigenvalue weighted by molar-refractivity contribution is 0.632. The van der Waals surface area contributed by atoms with Crippen molar-refractivity contribution in [2.24, 2.45) is 0 Å². The topological polar surface area (TPSA) is 8.17 Å². The Hall–Kier alpha value is -5.64. The molecule has 1 aliphatic heterocycles. The van der Waals surface area contributed by atoms with Gasteiger partial charge in [-0.3, -0.25) is 0 Å². The quantitative estimate of drug-likeness (QED) is 0.188. The van der Waals surface area contributed by atoms with Crippen LogP contribution in [0.3, 0.4) is 0 Å². The molecule has 3 heteroatoms. The number of rotatable bonds is 3. The monoisotopic (exact) mass is 632 g/mol.